The van der Waals surface area contributed by atoms with Crippen molar-refractivity contribution in [3.05, 3.63) is 0 Å². The van der Waals surface area contributed by atoms with Crippen LogP contribution in [0.5, 0.6) is 0 Å². The Morgan fingerprint density at radius 3 is 2.62 bits per heavy atom. The zero-order chi connectivity index (χ0) is 15.2. The molecule has 0 bridgehead atoms. The summed E-state index contributed by atoms with van der Waals surface area (Å²) < 4.78 is 5.12. The van der Waals surface area contributed by atoms with Crippen molar-refractivity contribution in [1.82, 2.24) is 10.2 Å². The van der Waals surface area contributed by atoms with Gasteiger partial charge in [-0.3, -0.25) is 9.79 Å². The lowest BCUT2D eigenvalue weighted by molar-refractivity contribution is -0.149. The monoisotopic (exact) mass is 295 g/mol. The maximum atomic E-state index is 11.8. The molecule has 0 radical (unpaired) electrons. The highest BCUT2D eigenvalue weighted by Gasteiger charge is 2.38. The molecule has 120 valence electrons. The molecule has 1 heterocycles. The van der Waals surface area contributed by atoms with Crippen molar-refractivity contribution >= 4 is 11.9 Å². The van der Waals surface area contributed by atoms with Crippen molar-refractivity contribution in [1.29, 1.82) is 0 Å². The molecule has 2 fully saturated rings. The summed E-state index contributed by atoms with van der Waals surface area (Å²) >= 11 is 0. The van der Waals surface area contributed by atoms with E-state index in [0.717, 1.165) is 37.8 Å². The van der Waals surface area contributed by atoms with Crippen LogP contribution >= 0.6 is 0 Å². The first kappa shape index (κ1) is 16.1. The molecule has 1 aliphatic heterocycles. The Labute approximate surface area is 128 Å². The minimum absolute atomic E-state index is 0.0368. The van der Waals surface area contributed by atoms with Gasteiger partial charge in [0, 0.05) is 26.2 Å². The highest BCUT2D eigenvalue weighted by molar-refractivity contribution is 5.81. The number of carbonyl (C=O) groups is 1. The van der Waals surface area contributed by atoms with Crippen LogP contribution in [0.2, 0.25) is 0 Å². The summed E-state index contributed by atoms with van der Waals surface area (Å²) in [5.41, 5.74) is 0. The molecule has 21 heavy (non-hydrogen) atoms. The molecule has 1 saturated carbocycles. The van der Waals surface area contributed by atoms with Crippen molar-refractivity contribution in [2.24, 2.45) is 16.8 Å². The fraction of sp³-hybridized carbons (Fsp3) is 0.875. The molecule has 2 atom stereocenters. The number of guanidine groups is 1. The van der Waals surface area contributed by atoms with Gasteiger partial charge in [0.2, 0.25) is 0 Å². The number of nitrogens with one attached hydrogen (secondary N) is 1. The summed E-state index contributed by atoms with van der Waals surface area (Å²) in [5, 5.41) is 3.57. The Morgan fingerprint density at radius 2 is 2.05 bits per heavy atom. The van der Waals surface area contributed by atoms with E-state index >= 15 is 0 Å². The number of carbonyl (C=O) groups excluding carboxylic acids is 1. The predicted octanol–water partition coefficient (Wildman–Crippen LogP) is 2.03. The highest BCUT2D eigenvalue weighted by atomic mass is 16.5. The van der Waals surface area contributed by atoms with Crippen LogP contribution in [0.3, 0.4) is 0 Å². The fourth-order valence-corrected chi connectivity index (χ4v) is 3.16. The molecule has 1 saturated heterocycles. The lowest BCUT2D eigenvalue weighted by Gasteiger charge is -2.33. The van der Waals surface area contributed by atoms with Gasteiger partial charge in [-0.25, -0.2) is 0 Å². The molecule has 5 heteroatoms. The number of ether oxygens (including phenoxy) is 1. The Bertz CT molecular complexity index is 376. The van der Waals surface area contributed by atoms with Crippen molar-refractivity contribution in [3.63, 3.8) is 0 Å². The van der Waals surface area contributed by atoms with E-state index in [4.69, 9.17) is 4.74 Å². The first-order valence-corrected chi connectivity index (χ1v) is 8.34. The summed E-state index contributed by atoms with van der Waals surface area (Å²) in [4.78, 5) is 18.4. The van der Waals surface area contributed by atoms with E-state index in [-0.39, 0.29) is 11.9 Å². The quantitative estimate of drug-likeness (QED) is 0.479. The number of hydrogen-bond donors (Lipinski definition) is 1. The summed E-state index contributed by atoms with van der Waals surface area (Å²) in [6.45, 7) is 6.34. The zero-order valence-corrected chi connectivity index (χ0v) is 13.6. The highest BCUT2D eigenvalue weighted by Crippen LogP contribution is 2.34. The number of rotatable bonds is 5. The third kappa shape index (κ3) is 4.35. The summed E-state index contributed by atoms with van der Waals surface area (Å²) in [5.74, 6) is 1.85. The van der Waals surface area contributed by atoms with Crippen LogP contribution in [-0.4, -0.2) is 49.6 Å². The lowest BCUT2D eigenvalue weighted by atomic mass is 9.97. The SMILES string of the molecule is CCCC1CC1NC(=NC)N1CCC(C(=O)OCC)CC1. The van der Waals surface area contributed by atoms with Crippen LogP contribution in [0.15, 0.2) is 4.99 Å². The first-order chi connectivity index (χ1) is 10.2. The van der Waals surface area contributed by atoms with Crippen LogP contribution in [0.1, 0.15) is 46.0 Å². The topological polar surface area (TPSA) is 53.9 Å². The molecule has 5 nitrogen and oxygen atoms in total. The standard InChI is InChI=1S/C16H29N3O2/c1-4-6-13-11-14(13)18-16(17-3)19-9-7-12(8-10-19)15(20)21-5-2/h12-14H,4-11H2,1-3H3,(H,17,18). The Balaban J connectivity index is 1.76. The number of likely N-dealkylation sites (tertiary alicyclic amines) is 1. The molecule has 2 aliphatic rings. The van der Waals surface area contributed by atoms with Gasteiger partial charge in [0.15, 0.2) is 5.96 Å². The summed E-state index contributed by atoms with van der Waals surface area (Å²) in [6.07, 6.45) is 5.56. The third-order valence-corrected chi connectivity index (χ3v) is 4.52. The van der Waals surface area contributed by atoms with Crippen molar-refractivity contribution < 1.29 is 9.53 Å². The second kappa shape index (κ2) is 7.66. The normalized spacial score (nSPS) is 26.6. The van der Waals surface area contributed by atoms with Gasteiger partial charge >= 0.3 is 5.97 Å². The fourth-order valence-electron chi connectivity index (χ4n) is 3.16. The Morgan fingerprint density at radius 1 is 1.33 bits per heavy atom. The number of piperidine rings is 1. The average molecular weight is 295 g/mol. The molecule has 1 N–H and O–H groups in total. The minimum Gasteiger partial charge on any atom is -0.466 e. The number of hydrogen-bond acceptors (Lipinski definition) is 3. The van der Waals surface area contributed by atoms with E-state index in [1.165, 1.54) is 19.3 Å². The second-order valence-corrected chi connectivity index (χ2v) is 6.10. The van der Waals surface area contributed by atoms with Crippen molar-refractivity contribution in [2.75, 3.05) is 26.7 Å². The maximum absolute atomic E-state index is 11.8. The molecular weight excluding hydrogens is 266 g/mol. The number of esters is 1. The average Bonchev–Trinajstić information content (AvgIpc) is 3.23. The van der Waals surface area contributed by atoms with Crippen LogP contribution in [0, 0.1) is 11.8 Å². The minimum atomic E-state index is -0.0368. The Kier molecular flexibility index (Phi) is 5.88. The molecule has 0 amide bonds. The van der Waals surface area contributed by atoms with E-state index in [2.05, 4.69) is 22.1 Å². The van der Waals surface area contributed by atoms with Crippen LogP contribution in [0.4, 0.5) is 0 Å². The summed E-state index contributed by atoms with van der Waals surface area (Å²) in [6, 6.07) is 0.603. The molecule has 0 spiro atoms. The second-order valence-electron chi connectivity index (χ2n) is 6.10. The molecule has 2 rings (SSSR count). The van der Waals surface area contributed by atoms with Gasteiger partial charge in [0.05, 0.1) is 12.5 Å². The predicted molar refractivity (Wildman–Crippen MR) is 84.2 cm³/mol. The van der Waals surface area contributed by atoms with E-state index < -0.39 is 0 Å². The van der Waals surface area contributed by atoms with E-state index in [1.54, 1.807) is 0 Å². The largest absolute Gasteiger partial charge is 0.466 e. The molecule has 0 aromatic carbocycles. The van der Waals surface area contributed by atoms with Crippen molar-refractivity contribution in [3.8, 4) is 0 Å². The van der Waals surface area contributed by atoms with E-state index in [0.29, 0.717) is 12.6 Å². The number of nitrogens with zero attached hydrogens (tertiary/aromatic N) is 2. The van der Waals surface area contributed by atoms with Gasteiger partial charge in [0.1, 0.15) is 0 Å². The van der Waals surface area contributed by atoms with E-state index in [9.17, 15) is 4.79 Å². The smallest absolute Gasteiger partial charge is 0.309 e. The lowest BCUT2D eigenvalue weighted by Crippen LogP contribution is -2.47. The van der Waals surface area contributed by atoms with Gasteiger partial charge < -0.3 is 15.0 Å². The van der Waals surface area contributed by atoms with Crippen molar-refractivity contribution in [2.45, 2.75) is 52.0 Å². The number of aliphatic imine (C=N–C) groups is 1. The van der Waals surface area contributed by atoms with Crippen LogP contribution in [-0.2, 0) is 9.53 Å². The van der Waals surface area contributed by atoms with Gasteiger partial charge in [-0.2, -0.15) is 0 Å². The van der Waals surface area contributed by atoms with Gasteiger partial charge in [0.25, 0.3) is 0 Å². The van der Waals surface area contributed by atoms with E-state index in [1.807, 2.05) is 14.0 Å². The zero-order valence-electron chi connectivity index (χ0n) is 13.6. The Hall–Kier alpha value is -1.26. The third-order valence-electron chi connectivity index (χ3n) is 4.52. The molecular formula is C16H29N3O2. The summed E-state index contributed by atoms with van der Waals surface area (Å²) in [7, 11) is 1.84. The first-order valence-electron chi connectivity index (χ1n) is 8.34. The maximum Gasteiger partial charge on any atom is 0.309 e. The molecule has 0 aromatic heterocycles. The van der Waals surface area contributed by atoms with Crippen LogP contribution in [0.25, 0.3) is 0 Å². The molecule has 0 aromatic rings. The molecule has 1 aliphatic carbocycles. The van der Waals surface area contributed by atoms with Gasteiger partial charge in [-0.05, 0) is 38.5 Å². The van der Waals surface area contributed by atoms with Crippen LogP contribution < -0.4 is 5.32 Å². The van der Waals surface area contributed by atoms with Gasteiger partial charge in [-0.1, -0.05) is 13.3 Å². The molecule has 2 unspecified atom stereocenters. The van der Waals surface area contributed by atoms with Gasteiger partial charge in [-0.15, -0.1) is 0 Å².